The van der Waals surface area contributed by atoms with Crippen LogP contribution in [0, 0.1) is 0 Å². The molecule has 0 N–H and O–H groups in total. The molecule has 0 spiro atoms. The van der Waals surface area contributed by atoms with E-state index < -0.39 is 0 Å². The zero-order valence-corrected chi connectivity index (χ0v) is 21.1. The molecule has 0 radical (unpaired) electrons. The van der Waals surface area contributed by atoms with Crippen molar-refractivity contribution < 1.29 is 0 Å². The third-order valence-electron chi connectivity index (χ3n) is 5.77. The molecule has 2 heteroatoms. The molecule has 0 aromatic heterocycles. The smallest absolute Gasteiger partial charge is 0.0184 e. The van der Waals surface area contributed by atoms with E-state index in [2.05, 4.69) is 70.0 Å². The van der Waals surface area contributed by atoms with Crippen LogP contribution < -0.4 is 0 Å². The summed E-state index contributed by atoms with van der Waals surface area (Å²) in [7, 11) is 0. The molecule has 0 heterocycles. The average molecular weight is 510 g/mol. The number of hydrogen-bond donors (Lipinski definition) is 0. The molecule has 0 bridgehead atoms. The van der Waals surface area contributed by atoms with E-state index in [1.165, 1.54) is 121 Å². The van der Waals surface area contributed by atoms with Crippen LogP contribution in [-0.2, 0) is 12.8 Å². The highest BCUT2D eigenvalue weighted by Crippen LogP contribution is 2.32. The van der Waals surface area contributed by atoms with Gasteiger partial charge in [-0.05, 0) is 71.8 Å². The number of unbranched alkanes of at least 4 members (excludes halogenated alkanes) is 10. The molecule has 0 aliphatic carbocycles. The van der Waals surface area contributed by atoms with Crippen LogP contribution in [0.4, 0.5) is 0 Å². The quantitative estimate of drug-likeness (QED) is 0.222. The monoisotopic (exact) mass is 508 g/mol. The summed E-state index contributed by atoms with van der Waals surface area (Å²) in [6.07, 6.45) is 18.7. The van der Waals surface area contributed by atoms with Gasteiger partial charge in [0.05, 0.1) is 0 Å². The number of hydrogen-bond acceptors (Lipinski definition) is 0. The minimum absolute atomic E-state index is 1.19. The molecule has 28 heavy (non-hydrogen) atoms. The molecule has 0 aliphatic heterocycles. The van der Waals surface area contributed by atoms with E-state index in [0.717, 1.165) is 0 Å². The van der Waals surface area contributed by atoms with Crippen molar-refractivity contribution >= 4 is 42.6 Å². The zero-order valence-electron chi connectivity index (χ0n) is 18.0. The van der Waals surface area contributed by atoms with Gasteiger partial charge in [0.2, 0.25) is 0 Å². The molecule has 0 unspecified atom stereocenters. The predicted octanol–water partition coefficient (Wildman–Crippen LogP) is 10.2. The second-order valence-corrected chi connectivity index (χ2v) is 10.1. The molecule has 0 saturated carbocycles. The molecule has 0 fully saturated rings. The number of halogens is 2. The molecule has 2 aromatic rings. The Kier molecular flexibility index (Phi) is 11.8. The van der Waals surface area contributed by atoms with Crippen molar-refractivity contribution in [1.82, 2.24) is 0 Å². The third kappa shape index (κ3) is 8.19. The highest BCUT2D eigenvalue weighted by Gasteiger charge is 2.09. The van der Waals surface area contributed by atoms with E-state index in [-0.39, 0.29) is 0 Å². The van der Waals surface area contributed by atoms with Gasteiger partial charge in [0.15, 0.2) is 0 Å². The van der Waals surface area contributed by atoms with Crippen molar-refractivity contribution in [2.75, 3.05) is 0 Å². The van der Waals surface area contributed by atoms with Gasteiger partial charge in [0.1, 0.15) is 0 Å². The summed E-state index contributed by atoms with van der Waals surface area (Å²) in [5.74, 6) is 0. The summed E-state index contributed by atoms with van der Waals surface area (Å²) in [5.41, 5.74) is 3.01. The van der Waals surface area contributed by atoms with Crippen LogP contribution in [0.1, 0.15) is 102 Å². The molecule has 0 saturated heterocycles. The maximum absolute atomic E-state index is 3.78. The number of rotatable bonds is 14. The Morgan fingerprint density at radius 3 is 1.25 bits per heavy atom. The van der Waals surface area contributed by atoms with Crippen LogP contribution >= 0.6 is 31.9 Å². The molecular weight excluding hydrogens is 472 g/mol. The summed E-state index contributed by atoms with van der Waals surface area (Å²) in [4.78, 5) is 0. The fourth-order valence-electron chi connectivity index (χ4n) is 4.14. The van der Waals surface area contributed by atoms with Crippen LogP contribution in [-0.4, -0.2) is 0 Å². The van der Waals surface area contributed by atoms with Gasteiger partial charge in [0, 0.05) is 8.95 Å². The van der Waals surface area contributed by atoms with Crippen molar-refractivity contribution in [3.63, 3.8) is 0 Å². The molecule has 0 aliphatic rings. The van der Waals surface area contributed by atoms with Gasteiger partial charge < -0.3 is 0 Å². The second kappa shape index (κ2) is 13.8. The van der Waals surface area contributed by atoms with Crippen LogP contribution in [0.15, 0.2) is 33.2 Å². The molecule has 2 aromatic carbocycles. The normalized spacial score (nSPS) is 11.4. The Labute approximate surface area is 190 Å². The largest absolute Gasteiger partial charge is 0.0654 e. The molecule has 156 valence electrons. The van der Waals surface area contributed by atoms with E-state index >= 15 is 0 Å². The molecule has 0 nitrogen and oxygen atoms in total. The Morgan fingerprint density at radius 1 is 0.500 bits per heavy atom. The van der Waals surface area contributed by atoms with E-state index in [9.17, 15) is 0 Å². The SMILES string of the molecule is CCCCCCCCc1cc(Br)cc2c(CCCCCCCC)cc(Br)cc12. The summed E-state index contributed by atoms with van der Waals surface area (Å²) < 4.78 is 2.46. The lowest BCUT2D eigenvalue weighted by Gasteiger charge is -2.13. The highest BCUT2D eigenvalue weighted by molar-refractivity contribution is 9.10. The van der Waals surface area contributed by atoms with Crippen LogP contribution in [0.5, 0.6) is 0 Å². The van der Waals surface area contributed by atoms with Crippen molar-refractivity contribution in [1.29, 1.82) is 0 Å². The fraction of sp³-hybridized carbons (Fsp3) is 0.615. The lowest BCUT2D eigenvalue weighted by atomic mass is 9.94. The van der Waals surface area contributed by atoms with Gasteiger partial charge >= 0.3 is 0 Å². The second-order valence-electron chi connectivity index (χ2n) is 8.26. The van der Waals surface area contributed by atoms with E-state index in [1.54, 1.807) is 0 Å². The maximum Gasteiger partial charge on any atom is 0.0184 e. The Bertz CT molecular complexity index is 644. The minimum atomic E-state index is 1.19. The minimum Gasteiger partial charge on any atom is -0.0654 e. The highest BCUT2D eigenvalue weighted by atomic mass is 79.9. The van der Waals surface area contributed by atoms with Gasteiger partial charge in [-0.3, -0.25) is 0 Å². The predicted molar refractivity (Wildman–Crippen MR) is 134 cm³/mol. The third-order valence-corrected chi connectivity index (χ3v) is 6.69. The molecule has 0 atom stereocenters. The van der Waals surface area contributed by atoms with Crippen molar-refractivity contribution in [2.45, 2.75) is 104 Å². The van der Waals surface area contributed by atoms with Gasteiger partial charge in [0.25, 0.3) is 0 Å². The lowest BCUT2D eigenvalue weighted by Crippen LogP contribution is -1.94. The van der Waals surface area contributed by atoms with Crippen molar-refractivity contribution in [2.24, 2.45) is 0 Å². The lowest BCUT2D eigenvalue weighted by molar-refractivity contribution is 0.607. The fourth-order valence-corrected chi connectivity index (χ4v) is 5.15. The molecular formula is C26H38Br2. The van der Waals surface area contributed by atoms with Gasteiger partial charge in [-0.15, -0.1) is 0 Å². The van der Waals surface area contributed by atoms with Gasteiger partial charge in [-0.1, -0.05) is 110 Å². The van der Waals surface area contributed by atoms with Crippen LogP contribution in [0.3, 0.4) is 0 Å². The summed E-state index contributed by atoms with van der Waals surface area (Å²) in [6, 6.07) is 9.35. The zero-order chi connectivity index (χ0) is 20.2. The average Bonchev–Trinajstić information content (AvgIpc) is 2.67. The van der Waals surface area contributed by atoms with Crippen molar-refractivity contribution in [3.05, 3.63) is 44.3 Å². The first-order valence-electron chi connectivity index (χ1n) is 11.6. The van der Waals surface area contributed by atoms with Gasteiger partial charge in [-0.25, -0.2) is 0 Å². The number of fused-ring (bicyclic) bond motifs is 1. The first-order chi connectivity index (χ1) is 13.7. The molecule has 2 rings (SSSR count). The van der Waals surface area contributed by atoms with E-state index in [1.807, 2.05) is 0 Å². The van der Waals surface area contributed by atoms with Crippen molar-refractivity contribution in [3.8, 4) is 0 Å². The van der Waals surface area contributed by atoms with Gasteiger partial charge in [-0.2, -0.15) is 0 Å². The first kappa shape index (κ1) is 23.9. The Balaban J connectivity index is 2.04. The van der Waals surface area contributed by atoms with E-state index in [4.69, 9.17) is 0 Å². The van der Waals surface area contributed by atoms with Crippen LogP contribution in [0.25, 0.3) is 10.8 Å². The first-order valence-corrected chi connectivity index (χ1v) is 13.1. The van der Waals surface area contributed by atoms with Crippen LogP contribution in [0.2, 0.25) is 0 Å². The summed E-state index contributed by atoms with van der Waals surface area (Å²) >= 11 is 7.56. The van der Waals surface area contributed by atoms with E-state index in [0.29, 0.717) is 0 Å². The standard InChI is InChI=1S/C26H38Br2/c1-3-5-7-9-11-13-15-21-17-23(27)20-26-22(18-24(28)19-25(21)26)16-14-12-10-8-6-4-2/h17-20H,3-16H2,1-2H3. The Morgan fingerprint density at radius 2 is 0.857 bits per heavy atom. The molecule has 0 amide bonds. The summed E-state index contributed by atoms with van der Waals surface area (Å²) in [6.45, 7) is 4.57. The number of benzene rings is 2. The maximum atomic E-state index is 3.78. The Hall–Kier alpha value is -0.340. The topological polar surface area (TPSA) is 0 Å². The number of aryl methyl sites for hydroxylation is 2. The summed E-state index contributed by atoms with van der Waals surface area (Å²) in [5, 5.41) is 2.90.